The maximum Gasteiger partial charge on any atom is 0.342 e. The van der Waals surface area contributed by atoms with E-state index in [0.29, 0.717) is 22.8 Å². The summed E-state index contributed by atoms with van der Waals surface area (Å²) < 4.78 is 10.9. The highest BCUT2D eigenvalue weighted by Gasteiger charge is 2.18. The van der Waals surface area contributed by atoms with Crippen LogP contribution in [0, 0.1) is 30.9 Å². The normalized spacial score (nSPS) is 11.6. The zero-order valence-corrected chi connectivity index (χ0v) is 15.9. The van der Waals surface area contributed by atoms with Gasteiger partial charge in [-0.15, -0.1) is 10.2 Å². The van der Waals surface area contributed by atoms with Crippen LogP contribution in [0.4, 0.5) is 5.69 Å². The number of benzene rings is 1. The Morgan fingerprint density at radius 3 is 2.57 bits per heavy atom. The molecule has 0 bridgehead atoms. The van der Waals surface area contributed by atoms with Crippen LogP contribution < -0.4 is 0 Å². The number of aryl methyl sites for hydroxylation is 2. The van der Waals surface area contributed by atoms with Gasteiger partial charge in [-0.2, -0.15) is 0 Å². The number of aliphatic carboxylic acids is 1. The molecular weight excluding hydrogens is 386 g/mol. The van der Waals surface area contributed by atoms with Crippen LogP contribution in [0.15, 0.2) is 43.2 Å². The van der Waals surface area contributed by atoms with Crippen molar-refractivity contribution in [2.45, 2.75) is 26.0 Å². The third kappa shape index (κ3) is 4.12. The molecule has 0 aliphatic carbocycles. The Bertz CT molecular complexity index is 1100. The number of aromatic nitrogens is 2. The van der Waals surface area contributed by atoms with E-state index >= 15 is 0 Å². The quantitative estimate of drug-likeness (QED) is 0.276. The minimum Gasteiger partial charge on any atom is -0.477 e. The molecule has 0 atom stereocenters. The fourth-order valence-electron chi connectivity index (χ4n) is 2.44. The summed E-state index contributed by atoms with van der Waals surface area (Å²) in [7, 11) is 0. The molecule has 1 N–H and O–H groups in total. The average Bonchev–Trinajstić information content (AvgIpc) is 3.25. The Hall–Kier alpha value is -3.40. The third-order valence-corrected chi connectivity index (χ3v) is 4.79. The van der Waals surface area contributed by atoms with Gasteiger partial charge in [0.05, 0.1) is 4.92 Å². The maximum absolute atomic E-state index is 11.5. The van der Waals surface area contributed by atoms with Gasteiger partial charge < -0.3 is 13.9 Å². The summed E-state index contributed by atoms with van der Waals surface area (Å²) in [6.07, 6.45) is 1.32. The maximum atomic E-state index is 11.5. The predicted octanol–water partition coefficient (Wildman–Crippen LogP) is 4.38. The molecule has 2 heterocycles. The number of carboxylic acids is 1. The van der Waals surface area contributed by atoms with E-state index in [4.69, 9.17) is 8.83 Å². The van der Waals surface area contributed by atoms with E-state index < -0.39 is 10.9 Å². The summed E-state index contributed by atoms with van der Waals surface area (Å²) in [5, 5.41) is 28.1. The molecule has 28 heavy (non-hydrogen) atoms. The fourth-order valence-corrected chi connectivity index (χ4v) is 3.13. The Kier molecular flexibility index (Phi) is 5.32. The zero-order valence-electron chi connectivity index (χ0n) is 15.1. The van der Waals surface area contributed by atoms with Gasteiger partial charge >= 0.3 is 5.97 Å². The Morgan fingerprint density at radius 1 is 1.21 bits per heavy atom. The van der Waals surface area contributed by atoms with Gasteiger partial charge in [0.15, 0.2) is 0 Å². The van der Waals surface area contributed by atoms with Crippen LogP contribution in [0.3, 0.4) is 0 Å². The zero-order chi connectivity index (χ0) is 20.4. The molecule has 3 rings (SSSR count). The second-order valence-corrected chi connectivity index (χ2v) is 6.89. The third-order valence-electron chi connectivity index (χ3n) is 3.94. The molecule has 1 aromatic carbocycles. The van der Waals surface area contributed by atoms with Crippen molar-refractivity contribution < 1.29 is 23.7 Å². The van der Waals surface area contributed by atoms with Crippen LogP contribution in [0.2, 0.25) is 0 Å². The van der Waals surface area contributed by atoms with Crippen LogP contribution in [0.25, 0.3) is 17.4 Å². The first kappa shape index (κ1) is 19.4. The highest BCUT2D eigenvalue weighted by Crippen LogP contribution is 2.32. The highest BCUT2D eigenvalue weighted by atomic mass is 32.2. The number of rotatable bonds is 6. The fraction of sp³-hybridized carbons (Fsp3) is 0.167. The average molecular weight is 401 g/mol. The largest absolute Gasteiger partial charge is 0.477 e. The number of hydrogen-bond acceptors (Lipinski definition) is 8. The van der Waals surface area contributed by atoms with Crippen molar-refractivity contribution in [3.05, 3.63) is 62.1 Å². The molecule has 0 saturated heterocycles. The van der Waals surface area contributed by atoms with Gasteiger partial charge in [0.2, 0.25) is 5.89 Å². The van der Waals surface area contributed by atoms with E-state index in [1.54, 1.807) is 39.0 Å². The van der Waals surface area contributed by atoms with E-state index in [0.717, 1.165) is 17.3 Å². The van der Waals surface area contributed by atoms with E-state index in [9.17, 15) is 20.0 Å². The van der Waals surface area contributed by atoms with Crippen LogP contribution >= 0.6 is 11.8 Å². The summed E-state index contributed by atoms with van der Waals surface area (Å²) in [5.41, 5.74) is 1.87. The molecule has 0 aliphatic rings. The Morgan fingerprint density at radius 2 is 1.96 bits per heavy atom. The van der Waals surface area contributed by atoms with Crippen molar-refractivity contribution in [2.24, 2.45) is 0 Å². The number of nitro groups is 1. The first-order chi connectivity index (χ1) is 13.2. The van der Waals surface area contributed by atoms with Crippen LogP contribution in [-0.2, 0) is 4.79 Å². The number of nitro benzene ring substituents is 1. The standard InChI is InChI=1S/C18H15N3O6S/c1-9-6-12(7-14(10(9)2)21(24)25)15-5-4-13(27-15)8-16(17(22)23)28-18-20-19-11(3)26-18/h4-8H,1-3H3,(H,22,23)/b16-8+. The Balaban J connectivity index is 1.93. The summed E-state index contributed by atoms with van der Waals surface area (Å²) >= 11 is 0.800. The summed E-state index contributed by atoms with van der Waals surface area (Å²) in [5.74, 6) is -0.192. The van der Waals surface area contributed by atoms with E-state index in [1.807, 2.05) is 0 Å². The topological polar surface area (TPSA) is 132 Å². The van der Waals surface area contributed by atoms with Gasteiger partial charge in [0, 0.05) is 30.2 Å². The lowest BCUT2D eigenvalue weighted by atomic mass is 10.0. The van der Waals surface area contributed by atoms with E-state index in [2.05, 4.69) is 10.2 Å². The monoisotopic (exact) mass is 401 g/mol. The summed E-state index contributed by atoms with van der Waals surface area (Å²) in [6.45, 7) is 5.06. The Labute approximate surface area is 163 Å². The van der Waals surface area contributed by atoms with Crippen molar-refractivity contribution in [3.8, 4) is 11.3 Å². The molecule has 0 aliphatic heterocycles. The van der Waals surface area contributed by atoms with Crippen molar-refractivity contribution in [3.63, 3.8) is 0 Å². The lowest BCUT2D eigenvalue weighted by Gasteiger charge is -2.04. The lowest BCUT2D eigenvalue weighted by molar-refractivity contribution is -0.385. The minimum absolute atomic E-state index is 0.00274. The molecular formula is C18H15N3O6S. The molecule has 144 valence electrons. The number of carbonyl (C=O) groups is 1. The van der Waals surface area contributed by atoms with Gasteiger partial charge in [0.25, 0.3) is 10.9 Å². The lowest BCUT2D eigenvalue weighted by Crippen LogP contribution is -1.96. The SMILES string of the molecule is Cc1nnc(S/C(=C/c2ccc(-c3cc(C)c(C)c([N+](=O)[O-])c3)o2)C(=O)O)o1. The highest BCUT2D eigenvalue weighted by molar-refractivity contribution is 8.03. The molecule has 2 aromatic heterocycles. The minimum atomic E-state index is -1.18. The van der Waals surface area contributed by atoms with Crippen molar-refractivity contribution in [1.29, 1.82) is 0 Å². The molecule has 10 heteroatoms. The van der Waals surface area contributed by atoms with Crippen molar-refractivity contribution in [2.75, 3.05) is 0 Å². The van der Waals surface area contributed by atoms with Gasteiger partial charge in [-0.1, -0.05) is 0 Å². The number of carboxylic acid groups (broad SMARTS) is 1. The van der Waals surface area contributed by atoms with Gasteiger partial charge in [-0.3, -0.25) is 10.1 Å². The number of nitrogens with zero attached hydrogens (tertiary/aromatic N) is 3. The molecule has 9 nitrogen and oxygen atoms in total. The molecule has 0 radical (unpaired) electrons. The molecule has 3 aromatic rings. The molecule has 0 spiro atoms. The number of hydrogen-bond donors (Lipinski definition) is 1. The van der Waals surface area contributed by atoms with E-state index in [-0.39, 0.29) is 21.6 Å². The first-order valence-electron chi connectivity index (χ1n) is 8.03. The molecule has 0 fully saturated rings. The van der Waals surface area contributed by atoms with Crippen molar-refractivity contribution >= 4 is 29.5 Å². The summed E-state index contributed by atoms with van der Waals surface area (Å²) in [6, 6.07) is 6.42. The summed E-state index contributed by atoms with van der Waals surface area (Å²) in [4.78, 5) is 22.2. The van der Waals surface area contributed by atoms with Crippen LogP contribution in [-0.4, -0.2) is 26.2 Å². The van der Waals surface area contributed by atoms with Crippen LogP contribution in [0.1, 0.15) is 22.8 Å². The molecule has 0 unspecified atom stereocenters. The van der Waals surface area contributed by atoms with E-state index in [1.165, 1.54) is 12.1 Å². The first-order valence-corrected chi connectivity index (χ1v) is 8.85. The second kappa shape index (κ2) is 7.69. The smallest absolute Gasteiger partial charge is 0.342 e. The van der Waals surface area contributed by atoms with Crippen LogP contribution in [0.5, 0.6) is 0 Å². The molecule has 0 saturated carbocycles. The van der Waals surface area contributed by atoms with Gasteiger partial charge in [0.1, 0.15) is 16.4 Å². The second-order valence-electron chi connectivity index (χ2n) is 5.90. The number of thioether (sulfide) groups is 1. The predicted molar refractivity (Wildman–Crippen MR) is 101 cm³/mol. The van der Waals surface area contributed by atoms with Gasteiger partial charge in [-0.25, -0.2) is 4.79 Å². The van der Waals surface area contributed by atoms with Crippen molar-refractivity contribution in [1.82, 2.24) is 10.2 Å². The molecule has 0 amide bonds. The van der Waals surface area contributed by atoms with Gasteiger partial charge in [-0.05, 0) is 49.4 Å². The number of furan rings is 1.